The van der Waals surface area contributed by atoms with E-state index in [1.54, 1.807) is 18.4 Å². The van der Waals surface area contributed by atoms with Gasteiger partial charge in [0.25, 0.3) is 0 Å². The minimum Gasteiger partial charge on any atom is -0.494 e. The van der Waals surface area contributed by atoms with Gasteiger partial charge < -0.3 is 14.8 Å². The van der Waals surface area contributed by atoms with Gasteiger partial charge in [-0.3, -0.25) is 0 Å². The van der Waals surface area contributed by atoms with Gasteiger partial charge in [0, 0.05) is 24.6 Å². The Morgan fingerprint density at radius 2 is 2.00 bits per heavy atom. The molecule has 0 atom stereocenters. The maximum Gasteiger partial charge on any atom is 0.183 e. The first-order valence-electron chi connectivity index (χ1n) is 6.75. The molecule has 0 saturated carbocycles. The van der Waals surface area contributed by atoms with Gasteiger partial charge in [-0.15, -0.1) is 11.3 Å². The summed E-state index contributed by atoms with van der Waals surface area (Å²) >= 11 is 1.60. The van der Waals surface area contributed by atoms with Crippen molar-refractivity contribution in [3.63, 3.8) is 0 Å². The number of rotatable bonds is 8. The lowest BCUT2D eigenvalue weighted by molar-refractivity contribution is 0.211. The fraction of sp³-hybridized carbons (Fsp3) is 0.400. The number of anilines is 1. The van der Waals surface area contributed by atoms with Crippen LogP contribution in [0.2, 0.25) is 0 Å². The maximum atomic E-state index is 5.57. The minimum atomic E-state index is 0.679. The molecule has 0 spiro atoms. The molecule has 2 aromatic rings. The molecule has 0 amide bonds. The van der Waals surface area contributed by atoms with Gasteiger partial charge in [0.1, 0.15) is 5.75 Å². The highest BCUT2D eigenvalue weighted by Gasteiger charge is 2.04. The van der Waals surface area contributed by atoms with Crippen molar-refractivity contribution in [3.8, 4) is 17.0 Å². The number of hydrogen-bond donors (Lipinski definition) is 1. The average molecular weight is 292 g/mol. The smallest absolute Gasteiger partial charge is 0.183 e. The van der Waals surface area contributed by atoms with Crippen molar-refractivity contribution in [2.24, 2.45) is 0 Å². The molecule has 0 unspecified atom stereocenters. The monoisotopic (exact) mass is 292 g/mol. The van der Waals surface area contributed by atoms with Gasteiger partial charge in [-0.05, 0) is 30.7 Å². The highest BCUT2D eigenvalue weighted by molar-refractivity contribution is 7.14. The molecule has 0 aliphatic carbocycles. The first-order valence-corrected chi connectivity index (χ1v) is 7.63. The fourth-order valence-electron chi connectivity index (χ4n) is 1.69. The number of nitrogens with zero attached hydrogens (tertiary/aromatic N) is 1. The Bertz CT molecular complexity index is 511. The van der Waals surface area contributed by atoms with Crippen LogP contribution in [0.5, 0.6) is 5.75 Å². The molecule has 1 N–H and O–H groups in total. The summed E-state index contributed by atoms with van der Waals surface area (Å²) in [5.74, 6) is 0.907. The summed E-state index contributed by atoms with van der Waals surface area (Å²) in [4.78, 5) is 4.56. The summed E-state index contributed by atoms with van der Waals surface area (Å²) in [5.41, 5.74) is 2.09. The third-order valence-electron chi connectivity index (χ3n) is 2.71. The minimum absolute atomic E-state index is 0.679. The van der Waals surface area contributed by atoms with Crippen molar-refractivity contribution in [3.05, 3.63) is 29.6 Å². The number of aromatic nitrogens is 1. The van der Waals surface area contributed by atoms with Crippen LogP contribution in [-0.4, -0.2) is 31.9 Å². The molecule has 0 bridgehead atoms. The van der Waals surface area contributed by atoms with E-state index in [0.717, 1.165) is 41.7 Å². The lowest BCUT2D eigenvalue weighted by Crippen LogP contribution is -2.06. The SMILES string of the molecule is CCCOc1ccc(-c2csc(NCCOC)n2)cc1. The predicted octanol–water partition coefficient (Wildman–Crippen LogP) is 3.66. The van der Waals surface area contributed by atoms with Crippen molar-refractivity contribution < 1.29 is 9.47 Å². The number of thiazole rings is 1. The molecule has 1 aromatic carbocycles. The number of nitrogens with one attached hydrogen (secondary N) is 1. The van der Waals surface area contributed by atoms with Crippen LogP contribution >= 0.6 is 11.3 Å². The zero-order chi connectivity index (χ0) is 14.2. The van der Waals surface area contributed by atoms with E-state index >= 15 is 0 Å². The molecule has 0 radical (unpaired) electrons. The maximum absolute atomic E-state index is 5.57. The Morgan fingerprint density at radius 1 is 1.20 bits per heavy atom. The zero-order valence-electron chi connectivity index (χ0n) is 11.9. The van der Waals surface area contributed by atoms with Crippen molar-refractivity contribution in [2.45, 2.75) is 13.3 Å². The van der Waals surface area contributed by atoms with Crippen molar-refractivity contribution in [1.82, 2.24) is 4.98 Å². The number of hydrogen-bond acceptors (Lipinski definition) is 5. The zero-order valence-corrected chi connectivity index (χ0v) is 12.7. The highest BCUT2D eigenvalue weighted by atomic mass is 32.1. The van der Waals surface area contributed by atoms with E-state index < -0.39 is 0 Å². The van der Waals surface area contributed by atoms with Gasteiger partial charge in [0.2, 0.25) is 0 Å². The number of methoxy groups -OCH3 is 1. The average Bonchev–Trinajstić information content (AvgIpc) is 2.95. The Hall–Kier alpha value is -1.59. The normalized spacial score (nSPS) is 10.5. The molecule has 20 heavy (non-hydrogen) atoms. The summed E-state index contributed by atoms with van der Waals surface area (Å²) in [7, 11) is 1.69. The lowest BCUT2D eigenvalue weighted by atomic mass is 10.2. The van der Waals surface area contributed by atoms with E-state index in [4.69, 9.17) is 9.47 Å². The molecular weight excluding hydrogens is 272 g/mol. The van der Waals surface area contributed by atoms with Crippen LogP contribution in [0, 0.1) is 0 Å². The fourth-order valence-corrected chi connectivity index (χ4v) is 2.44. The summed E-state index contributed by atoms with van der Waals surface area (Å²) in [5, 5.41) is 6.21. The molecule has 2 rings (SSSR count). The topological polar surface area (TPSA) is 43.4 Å². The molecule has 0 aliphatic heterocycles. The molecule has 0 fully saturated rings. The molecular formula is C15H20N2O2S. The van der Waals surface area contributed by atoms with Crippen molar-refractivity contribution in [2.75, 3.05) is 32.2 Å². The molecule has 1 heterocycles. The van der Waals surface area contributed by atoms with Crippen LogP contribution in [0.1, 0.15) is 13.3 Å². The van der Waals surface area contributed by atoms with Crippen LogP contribution in [0.3, 0.4) is 0 Å². The summed E-state index contributed by atoms with van der Waals surface area (Å²) < 4.78 is 10.6. The summed E-state index contributed by atoms with van der Waals surface area (Å²) in [6.07, 6.45) is 1.02. The van der Waals surface area contributed by atoms with Crippen LogP contribution in [-0.2, 0) is 4.74 Å². The number of ether oxygens (including phenoxy) is 2. The second-order valence-electron chi connectivity index (χ2n) is 4.33. The standard InChI is InChI=1S/C15H20N2O2S/c1-3-9-19-13-6-4-12(5-7-13)14-11-20-15(17-14)16-8-10-18-2/h4-7,11H,3,8-10H2,1-2H3,(H,16,17). The van der Waals surface area contributed by atoms with Gasteiger partial charge in [-0.25, -0.2) is 4.98 Å². The predicted molar refractivity (Wildman–Crippen MR) is 83.7 cm³/mol. The Balaban J connectivity index is 1.97. The van der Waals surface area contributed by atoms with E-state index in [2.05, 4.69) is 22.6 Å². The Morgan fingerprint density at radius 3 is 2.70 bits per heavy atom. The molecule has 1 aromatic heterocycles. The molecule has 4 nitrogen and oxygen atoms in total. The van der Waals surface area contributed by atoms with Crippen LogP contribution < -0.4 is 10.1 Å². The van der Waals surface area contributed by atoms with E-state index in [1.807, 2.05) is 24.3 Å². The van der Waals surface area contributed by atoms with E-state index in [0.29, 0.717) is 6.61 Å². The van der Waals surface area contributed by atoms with Gasteiger partial charge in [0.15, 0.2) is 5.13 Å². The molecule has 5 heteroatoms. The Kier molecular flexibility index (Phi) is 5.83. The van der Waals surface area contributed by atoms with Crippen molar-refractivity contribution >= 4 is 16.5 Å². The molecule has 108 valence electrons. The lowest BCUT2D eigenvalue weighted by Gasteiger charge is -2.04. The van der Waals surface area contributed by atoms with E-state index in [-0.39, 0.29) is 0 Å². The first kappa shape index (κ1) is 14.8. The summed E-state index contributed by atoms with van der Waals surface area (Å²) in [6.45, 7) is 4.30. The highest BCUT2D eigenvalue weighted by Crippen LogP contribution is 2.26. The molecule has 0 saturated heterocycles. The first-order chi connectivity index (χ1) is 9.83. The van der Waals surface area contributed by atoms with Crippen LogP contribution in [0.15, 0.2) is 29.6 Å². The number of benzene rings is 1. The third-order valence-corrected chi connectivity index (χ3v) is 3.51. The third kappa shape index (κ3) is 4.21. The van der Waals surface area contributed by atoms with E-state index in [1.165, 1.54) is 0 Å². The second-order valence-corrected chi connectivity index (χ2v) is 5.19. The quantitative estimate of drug-likeness (QED) is 0.754. The van der Waals surface area contributed by atoms with Crippen LogP contribution in [0.4, 0.5) is 5.13 Å². The van der Waals surface area contributed by atoms with Gasteiger partial charge >= 0.3 is 0 Å². The summed E-state index contributed by atoms with van der Waals surface area (Å²) in [6, 6.07) is 8.06. The van der Waals surface area contributed by atoms with Gasteiger partial charge in [-0.2, -0.15) is 0 Å². The largest absolute Gasteiger partial charge is 0.494 e. The molecule has 0 aliphatic rings. The Labute approximate surface area is 123 Å². The second kappa shape index (κ2) is 7.87. The van der Waals surface area contributed by atoms with Gasteiger partial charge in [0.05, 0.1) is 18.9 Å². The van der Waals surface area contributed by atoms with Crippen LogP contribution in [0.25, 0.3) is 11.3 Å². The van der Waals surface area contributed by atoms with Gasteiger partial charge in [-0.1, -0.05) is 6.92 Å². The van der Waals surface area contributed by atoms with E-state index in [9.17, 15) is 0 Å². The van der Waals surface area contributed by atoms with Crippen molar-refractivity contribution in [1.29, 1.82) is 0 Å².